The lowest BCUT2D eigenvalue weighted by Crippen LogP contribution is -2.48. The van der Waals surface area contributed by atoms with Gasteiger partial charge in [0.25, 0.3) is 0 Å². The van der Waals surface area contributed by atoms with E-state index in [1.54, 1.807) is 9.80 Å². The molecule has 1 N–H and O–H groups in total. The van der Waals surface area contributed by atoms with Crippen molar-refractivity contribution in [1.82, 2.24) is 15.1 Å². The maximum absolute atomic E-state index is 12.4. The van der Waals surface area contributed by atoms with Crippen LogP contribution in [0.2, 0.25) is 0 Å². The van der Waals surface area contributed by atoms with Gasteiger partial charge in [0.1, 0.15) is 0 Å². The van der Waals surface area contributed by atoms with Gasteiger partial charge >= 0.3 is 11.8 Å². The number of rotatable bonds is 4. The van der Waals surface area contributed by atoms with Crippen molar-refractivity contribution in [3.05, 3.63) is 0 Å². The molecule has 0 aromatic rings. The van der Waals surface area contributed by atoms with Gasteiger partial charge in [0.15, 0.2) is 0 Å². The second kappa shape index (κ2) is 8.25. The lowest BCUT2D eigenvalue weighted by Gasteiger charge is -2.28. The molecule has 0 aromatic carbocycles. The van der Waals surface area contributed by atoms with Gasteiger partial charge in [-0.3, -0.25) is 9.59 Å². The second-order valence-corrected chi connectivity index (χ2v) is 6.39. The van der Waals surface area contributed by atoms with E-state index in [0.29, 0.717) is 38.0 Å². The average Bonchev–Trinajstić information content (AvgIpc) is 2.63. The quantitative estimate of drug-likeness (QED) is 0.782. The Labute approximate surface area is 122 Å². The van der Waals surface area contributed by atoms with E-state index >= 15 is 0 Å². The fourth-order valence-electron chi connectivity index (χ4n) is 2.44. The van der Waals surface area contributed by atoms with E-state index in [2.05, 4.69) is 33.0 Å². The minimum atomic E-state index is -0.339. The van der Waals surface area contributed by atoms with Gasteiger partial charge in [-0.2, -0.15) is 0 Å². The Morgan fingerprint density at radius 2 is 1.65 bits per heavy atom. The third kappa shape index (κ3) is 5.49. The van der Waals surface area contributed by atoms with E-state index in [0.717, 1.165) is 19.5 Å². The molecule has 0 saturated carbocycles. The van der Waals surface area contributed by atoms with E-state index in [9.17, 15) is 9.59 Å². The van der Waals surface area contributed by atoms with Gasteiger partial charge in [0.05, 0.1) is 0 Å². The van der Waals surface area contributed by atoms with Crippen LogP contribution >= 0.6 is 0 Å². The molecule has 0 aromatic heterocycles. The molecule has 0 aliphatic carbocycles. The van der Waals surface area contributed by atoms with E-state index < -0.39 is 0 Å². The van der Waals surface area contributed by atoms with Crippen molar-refractivity contribution in [2.45, 2.75) is 34.1 Å². The van der Waals surface area contributed by atoms with Gasteiger partial charge in [-0.25, -0.2) is 0 Å². The van der Waals surface area contributed by atoms with Gasteiger partial charge in [-0.15, -0.1) is 0 Å². The lowest BCUT2D eigenvalue weighted by atomic mass is 10.1. The second-order valence-electron chi connectivity index (χ2n) is 6.39. The summed E-state index contributed by atoms with van der Waals surface area (Å²) in [5, 5.41) is 3.25. The third-order valence-electron chi connectivity index (χ3n) is 3.27. The van der Waals surface area contributed by atoms with E-state index in [1.807, 2.05) is 0 Å². The summed E-state index contributed by atoms with van der Waals surface area (Å²) in [5.41, 5.74) is 0. The first-order chi connectivity index (χ1) is 9.41. The molecule has 1 aliphatic rings. The summed E-state index contributed by atoms with van der Waals surface area (Å²) < 4.78 is 0. The number of nitrogens with zero attached hydrogens (tertiary/aromatic N) is 2. The highest BCUT2D eigenvalue weighted by atomic mass is 16.2. The topological polar surface area (TPSA) is 52.7 Å². The molecular formula is C15H29N3O2. The number of carbonyl (C=O) groups is 2. The van der Waals surface area contributed by atoms with Crippen LogP contribution in [0.4, 0.5) is 0 Å². The van der Waals surface area contributed by atoms with E-state index in [-0.39, 0.29) is 11.8 Å². The first-order valence-electron chi connectivity index (χ1n) is 7.70. The Balaban J connectivity index is 2.68. The highest BCUT2D eigenvalue weighted by Gasteiger charge is 2.28. The van der Waals surface area contributed by atoms with Crippen LogP contribution < -0.4 is 5.32 Å². The smallest absolute Gasteiger partial charge is 0.312 e. The summed E-state index contributed by atoms with van der Waals surface area (Å²) in [6, 6.07) is 0. The SMILES string of the molecule is CC(C)CN(CC(C)C)C(=O)C(=O)N1CCCNCC1. The standard InChI is InChI=1S/C15H29N3O2/c1-12(2)10-18(11-13(3)4)15(20)14(19)17-8-5-6-16-7-9-17/h12-13,16H,5-11H2,1-4H3. The number of nitrogens with one attached hydrogen (secondary N) is 1. The van der Waals surface area contributed by atoms with Crippen LogP contribution in [0, 0.1) is 11.8 Å². The third-order valence-corrected chi connectivity index (χ3v) is 3.27. The van der Waals surface area contributed by atoms with Crippen molar-refractivity contribution in [2.75, 3.05) is 39.3 Å². The molecule has 0 bridgehead atoms. The molecule has 1 rings (SSSR count). The zero-order valence-corrected chi connectivity index (χ0v) is 13.3. The Morgan fingerprint density at radius 1 is 1.05 bits per heavy atom. The average molecular weight is 283 g/mol. The molecule has 1 heterocycles. The predicted octanol–water partition coefficient (Wildman–Crippen LogP) is 0.949. The Bertz CT molecular complexity index is 311. The summed E-state index contributed by atoms with van der Waals surface area (Å²) >= 11 is 0. The largest absolute Gasteiger partial charge is 0.334 e. The van der Waals surface area contributed by atoms with Crippen LogP contribution in [-0.4, -0.2) is 60.9 Å². The normalized spacial score (nSPS) is 16.4. The number of hydrogen-bond acceptors (Lipinski definition) is 3. The summed E-state index contributed by atoms with van der Waals surface area (Å²) in [6.07, 6.45) is 0.910. The van der Waals surface area contributed by atoms with Crippen LogP contribution in [0.5, 0.6) is 0 Å². The van der Waals surface area contributed by atoms with Crippen LogP contribution in [-0.2, 0) is 9.59 Å². The van der Waals surface area contributed by atoms with Crippen molar-refractivity contribution < 1.29 is 9.59 Å². The summed E-state index contributed by atoms with van der Waals surface area (Å²) in [6.45, 7) is 12.6. The fourth-order valence-corrected chi connectivity index (χ4v) is 2.44. The van der Waals surface area contributed by atoms with Crippen molar-refractivity contribution >= 4 is 11.8 Å². The van der Waals surface area contributed by atoms with Crippen molar-refractivity contribution in [2.24, 2.45) is 11.8 Å². The molecule has 0 radical (unpaired) electrons. The molecule has 116 valence electrons. The molecule has 1 saturated heterocycles. The summed E-state index contributed by atoms with van der Waals surface area (Å²) in [5.74, 6) is 0.0666. The Kier molecular flexibility index (Phi) is 6.99. The van der Waals surface area contributed by atoms with Crippen LogP contribution in [0.3, 0.4) is 0 Å². The summed E-state index contributed by atoms with van der Waals surface area (Å²) in [4.78, 5) is 28.2. The molecule has 1 aliphatic heterocycles. The van der Waals surface area contributed by atoms with Gasteiger partial charge in [0, 0.05) is 32.7 Å². The Morgan fingerprint density at radius 3 is 2.20 bits per heavy atom. The van der Waals surface area contributed by atoms with Crippen molar-refractivity contribution in [3.8, 4) is 0 Å². The number of amides is 2. The number of hydrogen-bond donors (Lipinski definition) is 1. The van der Waals surface area contributed by atoms with Gasteiger partial charge in [-0.1, -0.05) is 27.7 Å². The van der Waals surface area contributed by atoms with Crippen molar-refractivity contribution in [1.29, 1.82) is 0 Å². The minimum absolute atomic E-state index is 0.338. The zero-order valence-electron chi connectivity index (χ0n) is 13.3. The monoisotopic (exact) mass is 283 g/mol. The highest BCUT2D eigenvalue weighted by Crippen LogP contribution is 2.07. The first-order valence-corrected chi connectivity index (χ1v) is 7.70. The van der Waals surface area contributed by atoms with E-state index in [1.165, 1.54) is 0 Å². The molecule has 0 unspecified atom stereocenters. The highest BCUT2D eigenvalue weighted by molar-refractivity contribution is 6.34. The fraction of sp³-hybridized carbons (Fsp3) is 0.867. The van der Waals surface area contributed by atoms with E-state index in [4.69, 9.17) is 0 Å². The molecular weight excluding hydrogens is 254 g/mol. The molecule has 1 fully saturated rings. The maximum atomic E-state index is 12.4. The van der Waals surface area contributed by atoms with Crippen LogP contribution in [0.15, 0.2) is 0 Å². The Hall–Kier alpha value is -1.10. The molecule has 20 heavy (non-hydrogen) atoms. The number of carbonyl (C=O) groups excluding carboxylic acids is 2. The van der Waals surface area contributed by atoms with Gasteiger partial charge in [-0.05, 0) is 24.8 Å². The van der Waals surface area contributed by atoms with Gasteiger partial charge < -0.3 is 15.1 Å². The molecule has 5 nitrogen and oxygen atoms in total. The molecule has 5 heteroatoms. The van der Waals surface area contributed by atoms with Crippen molar-refractivity contribution in [3.63, 3.8) is 0 Å². The summed E-state index contributed by atoms with van der Waals surface area (Å²) in [7, 11) is 0. The predicted molar refractivity (Wildman–Crippen MR) is 80.3 cm³/mol. The van der Waals surface area contributed by atoms with Crippen LogP contribution in [0.25, 0.3) is 0 Å². The first kappa shape index (κ1) is 17.0. The van der Waals surface area contributed by atoms with Crippen LogP contribution in [0.1, 0.15) is 34.1 Å². The molecule has 0 spiro atoms. The minimum Gasteiger partial charge on any atom is -0.334 e. The lowest BCUT2D eigenvalue weighted by molar-refractivity contribution is -0.152. The zero-order chi connectivity index (χ0) is 15.1. The van der Waals surface area contributed by atoms with Gasteiger partial charge in [0.2, 0.25) is 0 Å². The molecule has 2 amide bonds. The maximum Gasteiger partial charge on any atom is 0.312 e. The molecule has 0 atom stereocenters.